The Bertz CT molecular complexity index is 1350. The fourth-order valence-corrected chi connectivity index (χ4v) is 6.32. The van der Waals surface area contributed by atoms with Gasteiger partial charge in [0.1, 0.15) is 15.2 Å². The smallest absolute Gasteiger partial charge is 0.196 e. The molecule has 0 radical (unpaired) electrons. The molecule has 0 saturated heterocycles. The first-order valence-electron chi connectivity index (χ1n) is 8.36. The highest BCUT2D eigenvalue weighted by Crippen LogP contribution is 2.33. The summed E-state index contributed by atoms with van der Waals surface area (Å²) in [4.78, 5) is 0. The van der Waals surface area contributed by atoms with Crippen molar-refractivity contribution >= 4 is 48.1 Å². The minimum absolute atomic E-state index is 0.638. The van der Waals surface area contributed by atoms with Gasteiger partial charge in [0.25, 0.3) is 0 Å². The number of hydrogen-bond acceptors (Lipinski definition) is 5. The Balaban J connectivity index is 1.85. The highest BCUT2D eigenvalue weighted by atomic mass is 32.2. The van der Waals surface area contributed by atoms with E-state index in [1.165, 1.54) is 15.4 Å². The topological polar surface area (TPSA) is 60.1 Å². The van der Waals surface area contributed by atoms with Gasteiger partial charge in [-0.25, -0.2) is 4.21 Å². The van der Waals surface area contributed by atoms with Crippen molar-refractivity contribution in [3.05, 3.63) is 84.9 Å². The van der Waals surface area contributed by atoms with Gasteiger partial charge in [-0.05, 0) is 41.8 Å². The van der Waals surface area contributed by atoms with Gasteiger partial charge in [0, 0.05) is 4.70 Å². The fraction of sp³-hybridized carbons (Fsp3) is 0. The summed E-state index contributed by atoms with van der Waals surface area (Å²) in [5.41, 5.74) is 2.02. The molecule has 2 aromatic heterocycles. The van der Waals surface area contributed by atoms with Crippen LogP contribution in [-0.4, -0.2) is 18.6 Å². The molecule has 3 aromatic carbocycles. The van der Waals surface area contributed by atoms with Crippen molar-refractivity contribution in [2.24, 2.45) is 4.36 Å². The molecule has 0 bridgehead atoms. The lowest BCUT2D eigenvalue weighted by molar-refractivity contribution is 0.664. The Labute approximate surface area is 160 Å². The molecule has 5 rings (SSSR count). The van der Waals surface area contributed by atoms with E-state index in [1.54, 1.807) is 0 Å². The summed E-state index contributed by atoms with van der Waals surface area (Å²) in [6.45, 7) is 0. The van der Waals surface area contributed by atoms with E-state index in [-0.39, 0.29) is 0 Å². The SMILES string of the molecule is O=S(=Nc1ccccc1)(c1cc2ccccc2s1)n1nnc2ccccc21. The third-order valence-electron chi connectivity index (χ3n) is 4.21. The van der Waals surface area contributed by atoms with Crippen LogP contribution in [0.15, 0.2) is 93.5 Å². The summed E-state index contributed by atoms with van der Waals surface area (Å²) in [5, 5.41) is 9.44. The van der Waals surface area contributed by atoms with Gasteiger partial charge in [-0.1, -0.05) is 53.7 Å². The van der Waals surface area contributed by atoms with Crippen LogP contribution in [0.5, 0.6) is 0 Å². The van der Waals surface area contributed by atoms with Gasteiger partial charge >= 0.3 is 0 Å². The number of thiophene rings is 1. The number of hydrogen-bond donors (Lipinski definition) is 0. The van der Waals surface area contributed by atoms with Gasteiger partial charge in [0.05, 0.1) is 5.69 Å². The summed E-state index contributed by atoms with van der Waals surface area (Å²) >= 11 is 1.47. The second kappa shape index (κ2) is 6.29. The zero-order chi connectivity index (χ0) is 18.3. The van der Waals surface area contributed by atoms with Crippen LogP contribution >= 0.6 is 11.3 Å². The highest BCUT2D eigenvalue weighted by Gasteiger charge is 2.22. The van der Waals surface area contributed by atoms with Crippen molar-refractivity contribution < 1.29 is 4.21 Å². The van der Waals surface area contributed by atoms with Crippen molar-refractivity contribution in [1.29, 1.82) is 0 Å². The van der Waals surface area contributed by atoms with E-state index in [9.17, 15) is 4.21 Å². The first-order chi connectivity index (χ1) is 13.2. The fourth-order valence-electron chi connectivity index (χ4n) is 2.92. The maximum Gasteiger partial charge on any atom is 0.196 e. The molecule has 132 valence electrons. The van der Waals surface area contributed by atoms with Gasteiger partial charge in [-0.2, -0.15) is 4.36 Å². The van der Waals surface area contributed by atoms with E-state index in [2.05, 4.69) is 14.7 Å². The molecule has 0 amide bonds. The van der Waals surface area contributed by atoms with Gasteiger partial charge in [-0.15, -0.1) is 20.5 Å². The van der Waals surface area contributed by atoms with E-state index < -0.39 is 9.92 Å². The molecule has 2 heterocycles. The molecule has 5 aromatic rings. The Morgan fingerprint density at radius 1 is 0.889 bits per heavy atom. The maximum atomic E-state index is 14.3. The van der Waals surface area contributed by atoms with Crippen molar-refractivity contribution in [1.82, 2.24) is 14.4 Å². The largest absolute Gasteiger partial charge is 0.220 e. The predicted molar refractivity (Wildman–Crippen MR) is 110 cm³/mol. The lowest BCUT2D eigenvalue weighted by Crippen LogP contribution is -2.13. The van der Waals surface area contributed by atoms with Crippen LogP contribution in [0.2, 0.25) is 0 Å². The van der Waals surface area contributed by atoms with Crippen LogP contribution in [-0.2, 0) is 9.92 Å². The monoisotopic (exact) mass is 390 g/mol. The van der Waals surface area contributed by atoms with Crippen molar-refractivity contribution in [3.63, 3.8) is 0 Å². The number of nitrogens with zero attached hydrogens (tertiary/aromatic N) is 4. The molecule has 0 N–H and O–H groups in total. The summed E-state index contributed by atoms with van der Waals surface area (Å²) in [6.07, 6.45) is 0. The number of rotatable bonds is 3. The molecular weight excluding hydrogens is 376 g/mol. The van der Waals surface area contributed by atoms with Crippen LogP contribution in [0.3, 0.4) is 0 Å². The number of benzene rings is 3. The second-order valence-corrected chi connectivity index (χ2v) is 9.28. The number of aromatic nitrogens is 3. The first kappa shape index (κ1) is 16.2. The molecule has 0 spiro atoms. The molecule has 0 fully saturated rings. The Kier molecular flexibility index (Phi) is 3.77. The average molecular weight is 390 g/mol. The zero-order valence-corrected chi connectivity index (χ0v) is 15.7. The molecule has 7 heteroatoms. The van der Waals surface area contributed by atoms with Gasteiger partial charge in [-0.3, -0.25) is 0 Å². The Hall–Kier alpha value is -3.03. The van der Waals surface area contributed by atoms with E-state index in [0.717, 1.165) is 10.1 Å². The zero-order valence-electron chi connectivity index (χ0n) is 14.1. The minimum Gasteiger partial charge on any atom is -0.220 e. The molecular formula is C20H14N4OS2. The summed E-state index contributed by atoms with van der Waals surface area (Å²) < 4.78 is 22.1. The quantitative estimate of drug-likeness (QED) is 0.422. The predicted octanol–water partition coefficient (Wildman–Crippen LogP) is 5.27. The van der Waals surface area contributed by atoms with Crippen LogP contribution in [0.25, 0.3) is 21.1 Å². The molecule has 1 atom stereocenters. The summed E-state index contributed by atoms with van der Waals surface area (Å²) in [6, 6.07) is 26.7. The molecule has 27 heavy (non-hydrogen) atoms. The van der Waals surface area contributed by atoms with Crippen molar-refractivity contribution in [2.45, 2.75) is 4.21 Å². The Morgan fingerprint density at radius 2 is 1.63 bits per heavy atom. The van der Waals surface area contributed by atoms with Gasteiger partial charge < -0.3 is 0 Å². The van der Waals surface area contributed by atoms with Crippen molar-refractivity contribution in [2.75, 3.05) is 0 Å². The third-order valence-corrected chi connectivity index (χ3v) is 7.86. The molecule has 0 aliphatic carbocycles. The summed E-state index contributed by atoms with van der Waals surface area (Å²) in [5.74, 6) is 0. The lowest BCUT2D eigenvalue weighted by atomic mass is 10.3. The molecule has 5 nitrogen and oxygen atoms in total. The molecule has 1 unspecified atom stereocenters. The van der Waals surface area contributed by atoms with E-state index >= 15 is 0 Å². The van der Waals surface area contributed by atoms with E-state index in [1.807, 2.05) is 84.9 Å². The van der Waals surface area contributed by atoms with Crippen LogP contribution < -0.4 is 0 Å². The summed E-state index contributed by atoms with van der Waals surface area (Å²) in [7, 11) is -3.06. The second-order valence-electron chi connectivity index (χ2n) is 5.98. The normalized spacial score (nSPS) is 13.6. The van der Waals surface area contributed by atoms with E-state index in [0.29, 0.717) is 20.9 Å². The highest BCUT2D eigenvalue weighted by molar-refractivity contribution is 7.94. The van der Waals surface area contributed by atoms with Crippen LogP contribution in [0.4, 0.5) is 5.69 Å². The molecule has 0 aliphatic heterocycles. The first-order valence-corrected chi connectivity index (χ1v) is 10.6. The van der Waals surface area contributed by atoms with E-state index in [4.69, 9.17) is 0 Å². The van der Waals surface area contributed by atoms with Crippen LogP contribution in [0.1, 0.15) is 0 Å². The van der Waals surface area contributed by atoms with Gasteiger partial charge in [0.15, 0.2) is 9.92 Å². The molecule has 0 aliphatic rings. The lowest BCUT2D eigenvalue weighted by Gasteiger charge is -2.09. The van der Waals surface area contributed by atoms with Crippen molar-refractivity contribution in [3.8, 4) is 0 Å². The average Bonchev–Trinajstić information content (AvgIpc) is 3.33. The molecule has 0 saturated carbocycles. The third kappa shape index (κ3) is 2.72. The maximum absolute atomic E-state index is 14.3. The Morgan fingerprint density at radius 3 is 2.48 bits per heavy atom. The van der Waals surface area contributed by atoms with Crippen LogP contribution in [0, 0.1) is 0 Å². The number of fused-ring (bicyclic) bond motifs is 2. The standard InChI is InChI=1S/C20H14N4OS2/c25-27(22-16-9-2-1-3-10-16,20-14-15-8-4-7-13-19(15)26-20)24-18-12-6-5-11-17(18)21-23-24/h1-14H. The van der Waals surface area contributed by atoms with Gasteiger partial charge in [0.2, 0.25) is 0 Å². The minimum atomic E-state index is -3.06. The number of para-hydroxylation sites is 1.